The molecule has 1 heterocycles. The number of fused-ring (bicyclic) bond motifs is 1. The minimum Gasteiger partial charge on any atom is -0.255 e. The molecule has 0 amide bonds. The van der Waals surface area contributed by atoms with Gasteiger partial charge >= 0.3 is 0 Å². The van der Waals surface area contributed by atoms with Crippen LogP contribution in [0.2, 0.25) is 5.02 Å². The molecule has 0 saturated carbocycles. The fraction of sp³-hybridized carbons (Fsp3) is 0.118. The van der Waals surface area contributed by atoms with Crippen molar-refractivity contribution in [2.45, 2.75) is 11.3 Å². The fourth-order valence-corrected chi connectivity index (χ4v) is 3.69. The average Bonchev–Trinajstić information content (AvgIpc) is 2.56. The summed E-state index contributed by atoms with van der Waals surface area (Å²) in [6.45, 7) is 0.313. The minimum absolute atomic E-state index is 0.201. The molecule has 0 unspecified atom stereocenters. The molecule has 3 rings (SSSR count). The second-order valence-corrected chi connectivity index (χ2v) is 7.28. The van der Waals surface area contributed by atoms with Crippen LogP contribution in [-0.4, -0.2) is 19.9 Å². The van der Waals surface area contributed by atoms with Crippen LogP contribution in [-0.2, 0) is 16.4 Å². The first-order chi connectivity index (χ1) is 11.1. The summed E-state index contributed by atoms with van der Waals surface area (Å²) in [6.07, 6.45) is 2.18. The van der Waals surface area contributed by atoms with E-state index in [0.29, 0.717) is 23.5 Å². The Balaban J connectivity index is 1.77. The molecule has 4 nitrogen and oxygen atoms in total. The summed E-state index contributed by atoms with van der Waals surface area (Å²) in [7, 11) is -3.60. The molecule has 1 N–H and O–H groups in total. The highest BCUT2D eigenvalue weighted by molar-refractivity contribution is 7.89. The van der Waals surface area contributed by atoms with Gasteiger partial charge in [0.25, 0.3) is 0 Å². The predicted molar refractivity (Wildman–Crippen MR) is 92.1 cm³/mol. The second-order valence-electron chi connectivity index (χ2n) is 5.11. The summed E-state index contributed by atoms with van der Waals surface area (Å²) >= 11 is 5.84. The van der Waals surface area contributed by atoms with Crippen molar-refractivity contribution < 1.29 is 8.42 Å². The normalized spacial score (nSPS) is 11.7. The Labute approximate surface area is 140 Å². The van der Waals surface area contributed by atoms with Crippen LogP contribution in [0.3, 0.4) is 0 Å². The third-order valence-corrected chi connectivity index (χ3v) is 5.25. The van der Waals surface area contributed by atoms with Crippen molar-refractivity contribution in [3.8, 4) is 0 Å². The van der Waals surface area contributed by atoms with Gasteiger partial charge < -0.3 is 0 Å². The molecule has 0 bridgehead atoms. The molecule has 0 aliphatic heterocycles. The van der Waals surface area contributed by atoms with E-state index in [0.717, 1.165) is 10.9 Å². The predicted octanol–water partition coefficient (Wildman–Crippen LogP) is 3.41. The maximum atomic E-state index is 12.5. The Morgan fingerprint density at radius 3 is 2.52 bits per heavy atom. The zero-order chi connectivity index (χ0) is 16.3. The summed E-state index contributed by atoms with van der Waals surface area (Å²) in [6, 6.07) is 16.1. The summed E-state index contributed by atoms with van der Waals surface area (Å²) in [5.74, 6) is 0. The van der Waals surface area contributed by atoms with E-state index in [2.05, 4.69) is 9.71 Å². The zero-order valence-electron chi connectivity index (χ0n) is 12.2. The Morgan fingerprint density at radius 2 is 1.74 bits per heavy atom. The van der Waals surface area contributed by atoms with Gasteiger partial charge in [0.05, 0.1) is 5.52 Å². The van der Waals surface area contributed by atoms with E-state index in [9.17, 15) is 8.42 Å². The third-order valence-electron chi connectivity index (χ3n) is 3.50. The van der Waals surface area contributed by atoms with E-state index in [1.165, 1.54) is 0 Å². The molecule has 2 aromatic carbocycles. The van der Waals surface area contributed by atoms with E-state index in [-0.39, 0.29) is 4.90 Å². The number of aromatic nitrogens is 1. The topological polar surface area (TPSA) is 59.1 Å². The zero-order valence-corrected chi connectivity index (χ0v) is 13.8. The van der Waals surface area contributed by atoms with Crippen LogP contribution in [0.1, 0.15) is 5.56 Å². The molecule has 0 aliphatic carbocycles. The molecule has 0 radical (unpaired) electrons. The quantitative estimate of drug-likeness (QED) is 0.770. The first kappa shape index (κ1) is 15.9. The standard InChI is InChI=1S/C17H15ClN2O2S/c18-15-8-6-13(7-9-15)10-12-20-23(21,22)16-5-1-3-14-4-2-11-19-17(14)16/h1-9,11,20H,10,12H2. The van der Waals surface area contributed by atoms with Crippen molar-refractivity contribution in [2.24, 2.45) is 0 Å². The number of rotatable bonds is 5. The molecule has 0 spiro atoms. The van der Waals surface area contributed by atoms with Crippen molar-refractivity contribution in [3.05, 3.63) is 71.4 Å². The third kappa shape index (κ3) is 3.69. The van der Waals surface area contributed by atoms with Gasteiger partial charge in [-0.25, -0.2) is 13.1 Å². The Kier molecular flexibility index (Phi) is 4.61. The lowest BCUT2D eigenvalue weighted by atomic mass is 10.2. The SMILES string of the molecule is O=S(=O)(NCCc1ccc(Cl)cc1)c1cccc2cccnc12. The van der Waals surface area contributed by atoms with Gasteiger partial charge in [0.2, 0.25) is 10.0 Å². The van der Waals surface area contributed by atoms with Gasteiger partial charge in [-0.15, -0.1) is 0 Å². The van der Waals surface area contributed by atoms with Gasteiger partial charge in [-0.05, 0) is 36.2 Å². The highest BCUT2D eigenvalue weighted by atomic mass is 35.5. The van der Waals surface area contributed by atoms with E-state index in [4.69, 9.17) is 11.6 Å². The van der Waals surface area contributed by atoms with Crippen LogP contribution < -0.4 is 4.72 Å². The van der Waals surface area contributed by atoms with Gasteiger partial charge in [-0.1, -0.05) is 41.9 Å². The molecule has 0 saturated heterocycles. The number of hydrogen-bond donors (Lipinski definition) is 1. The smallest absolute Gasteiger partial charge is 0.242 e. The number of para-hydroxylation sites is 1. The fourth-order valence-electron chi connectivity index (χ4n) is 2.35. The van der Waals surface area contributed by atoms with Gasteiger partial charge in [-0.3, -0.25) is 4.98 Å². The van der Waals surface area contributed by atoms with E-state index in [1.807, 2.05) is 24.3 Å². The molecular weight excluding hydrogens is 332 g/mol. The van der Waals surface area contributed by atoms with Crippen molar-refractivity contribution in [2.75, 3.05) is 6.54 Å². The van der Waals surface area contributed by atoms with Gasteiger partial charge in [0.15, 0.2) is 0 Å². The van der Waals surface area contributed by atoms with Crippen LogP contribution >= 0.6 is 11.6 Å². The molecule has 3 aromatic rings. The van der Waals surface area contributed by atoms with Crippen LogP contribution in [0, 0.1) is 0 Å². The van der Waals surface area contributed by atoms with Crippen LogP contribution in [0.15, 0.2) is 65.7 Å². The van der Waals surface area contributed by atoms with Crippen LogP contribution in [0.5, 0.6) is 0 Å². The summed E-state index contributed by atoms with van der Waals surface area (Å²) in [5, 5.41) is 1.46. The Morgan fingerprint density at radius 1 is 1.00 bits per heavy atom. The number of sulfonamides is 1. The number of pyridine rings is 1. The summed E-state index contributed by atoms with van der Waals surface area (Å²) < 4.78 is 27.7. The first-order valence-electron chi connectivity index (χ1n) is 7.14. The lowest BCUT2D eigenvalue weighted by Gasteiger charge is -2.09. The van der Waals surface area contributed by atoms with Crippen LogP contribution in [0.4, 0.5) is 0 Å². The first-order valence-corrected chi connectivity index (χ1v) is 9.00. The Hall–Kier alpha value is -1.95. The minimum atomic E-state index is -3.60. The monoisotopic (exact) mass is 346 g/mol. The summed E-state index contributed by atoms with van der Waals surface area (Å²) in [5.41, 5.74) is 1.50. The molecule has 1 aromatic heterocycles. The second kappa shape index (κ2) is 6.66. The Bertz CT molecular complexity index is 919. The number of hydrogen-bond acceptors (Lipinski definition) is 3. The van der Waals surface area contributed by atoms with E-state index in [1.54, 1.807) is 36.5 Å². The molecule has 23 heavy (non-hydrogen) atoms. The number of benzene rings is 2. The van der Waals surface area contributed by atoms with E-state index >= 15 is 0 Å². The maximum Gasteiger partial charge on any atom is 0.242 e. The largest absolute Gasteiger partial charge is 0.255 e. The molecule has 118 valence electrons. The molecule has 0 aliphatic rings. The van der Waals surface area contributed by atoms with Crippen LogP contribution in [0.25, 0.3) is 10.9 Å². The van der Waals surface area contributed by atoms with Gasteiger partial charge in [0.1, 0.15) is 4.90 Å². The molecule has 0 atom stereocenters. The average molecular weight is 347 g/mol. The highest BCUT2D eigenvalue weighted by Crippen LogP contribution is 2.20. The van der Waals surface area contributed by atoms with Crippen molar-refractivity contribution in [1.82, 2.24) is 9.71 Å². The van der Waals surface area contributed by atoms with Crippen molar-refractivity contribution in [3.63, 3.8) is 0 Å². The number of halogens is 1. The number of nitrogens with one attached hydrogen (secondary N) is 1. The molecule has 0 fully saturated rings. The molecule has 6 heteroatoms. The van der Waals surface area contributed by atoms with Gasteiger partial charge in [0, 0.05) is 23.2 Å². The highest BCUT2D eigenvalue weighted by Gasteiger charge is 2.17. The lowest BCUT2D eigenvalue weighted by molar-refractivity contribution is 0.582. The number of nitrogens with zero attached hydrogens (tertiary/aromatic N) is 1. The summed E-state index contributed by atoms with van der Waals surface area (Å²) in [4.78, 5) is 4.39. The van der Waals surface area contributed by atoms with E-state index < -0.39 is 10.0 Å². The lowest BCUT2D eigenvalue weighted by Crippen LogP contribution is -2.26. The van der Waals surface area contributed by atoms with Crippen molar-refractivity contribution >= 4 is 32.5 Å². The van der Waals surface area contributed by atoms with Crippen molar-refractivity contribution in [1.29, 1.82) is 0 Å². The molecular formula is C17H15ClN2O2S. The van der Waals surface area contributed by atoms with Gasteiger partial charge in [-0.2, -0.15) is 0 Å². The maximum absolute atomic E-state index is 12.5.